The molecule has 12 nitrogen and oxygen atoms in total. The number of hydrogen-bond donors (Lipinski definition) is 4. The second-order valence-corrected chi connectivity index (χ2v) is 14.1. The normalized spacial score (nSPS) is 16.4. The van der Waals surface area contributed by atoms with E-state index in [1.165, 1.54) is 11.3 Å². The highest BCUT2D eigenvalue weighted by atomic mass is 16.6. The third-order valence-electron chi connectivity index (χ3n) is 8.51. The molecule has 0 aromatic heterocycles. The van der Waals surface area contributed by atoms with Crippen molar-refractivity contribution in [3.05, 3.63) is 71.3 Å². The quantitative estimate of drug-likeness (QED) is 0.229. The lowest BCUT2D eigenvalue weighted by Gasteiger charge is -2.32. The van der Waals surface area contributed by atoms with Crippen LogP contribution in [0.25, 0.3) is 0 Å². The van der Waals surface area contributed by atoms with Crippen LogP contribution in [0.4, 0.5) is 4.79 Å². The van der Waals surface area contributed by atoms with E-state index in [1.54, 1.807) is 20.8 Å². The molecule has 1 fully saturated rings. The molecule has 0 bridgehead atoms. The van der Waals surface area contributed by atoms with E-state index in [1.807, 2.05) is 61.5 Å². The van der Waals surface area contributed by atoms with E-state index in [0.29, 0.717) is 38.6 Å². The van der Waals surface area contributed by atoms with Crippen LogP contribution in [0, 0.1) is 5.92 Å². The minimum absolute atomic E-state index is 0.196. The molecule has 2 aliphatic rings. The number of alkyl carbamates (subject to hydrolysis) is 1. The summed E-state index contributed by atoms with van der Waals surface area (Å²) in [6.45, 7) is 11.5. The first-order valence-electron chi connectivity index (χ1n) is 18.1. The van der Waals surface area contributed by atoms with Crippen LogP contribution in [0.2, 0.25) is 0 Å². The smallest absolute Gasteiger partial charge is 0.408 e. The van der Waals surface area contributed by atoms with Crippen LogP contribution in [0.3, 0.4) is 0 Å². The number of hydrogen-bond acceptors (Lipinski definition) is 7. The Morgan fingerprint density at radius 2 is 1.47 bits per heavy atom. The number of benzene rings is 2. The first kappa shape index (κ1) is 40.7. The van der Waals surface area contributed by atoms with Crippen molar-refractivity contribution in [2.24, 2.45) is 5.92 Å². The lowest BCUT2D eigenvalue weighted by molar-refractivity contribution is -0.143. The van der Waals surface area contributed by atoms with Crippen LogP contribution in [-0.2, 0) is 48.1 Å². The molecule has 0 saturated carbocycles. The highest BCUT2D eigenvalue weighted by Crippen LogP contribution is 2.31. The predicted octanol–water partition coefficient (Wildman–Crippen LogP) is 3.99. The maximum absolute atomic E-state index is 14.2. The topological polar surface area (TPSA) is 163 Å². The summed E-state index contributed by atoms with van der Waals surface area (Å²) in [5.74, 6) is -3.50. The Morgan fingerprint density at radius 3 is 2.06 bits per heavy atom. The maximum Gasteiger partial charge on any atom is 0.408 e. The number of amides is 5. The number of nitrogens with zero attached hydrogens (tertiary/aromatic N) is 1. The number of rotatable bonds is 13. The van der Waals surface area contributed by atoms with Crippen molar-refractivity contribution in [3.63, 3.8) is 0 Å². The minimum atomic E-state index is -1.13. The summed E-state index contributed by atoms with van der Waals surface area (Å²) in [6.07, 6.45) is 3.31. The Morgan fingerprint density at radius 1 is 0.863 bits per heavy atom. The highest BCUT2D eigenvalue weighted by Gasteiger charge is 2.43. The molecule has 2 aromatic rings. The molecular formula is C39H55N5O7. The molecule has 4 rings (SSSR count). The van der Waals surface area contributed by atoms with Crippen molar-refractivity contribution in [2.45, 2.75) is 117 Å². The first-order chi connectivity index (χ1) is 24.3. The molecule has 4 N–H and O–H groups in total. The van der Waals surface area contributed by atoms with Gasteiger partial charge in [0.15, 0.2) is 0 Å². The number of Topliss-reactive ketones (excluding diaryl/α,β-unsaturated/α-hetero) is 1. The standard InChI is InChI=1S/C36H47N5O7.C3H8/c1-5-12-27(31(43)33(45)38-22-29(42)37-21-23-13-7-6-8-14-23)39-32(44)28-17-11-18-41(28)34(46)30(40-35(47)48-36(2,3)4)26-19-24-15-9-10-16-25(24)20-26;1-3-2/h6-10,13-16,26-28,30H,5,11-12,17-22H2,1-4H3,(H,37,42)(H,38,45)(H,39,44)(H,40,47);3H2,1-2H3/t27?,28-,30?;/m0./s1. The maximum atomic E-state index is 14.2. The summed E-state index contributed by atoms with van der Waals surface area (Å²) in [5, 5.41) is 10.5. The number of carbonyl (C=O) groups is 6. The number of likely N-dealkylation sites (tertiary alicyclic amines) is 1. The molecule has 2 aromatic carbocycles. The minimum Gasteiger partial charge on any atom is -0.444 e. The average Bonchev–Trinajstić information content (AvgIpc) is 3.76. The number of fused-ring (bicyclic) bond motifs is 1. The van der Waals surface area contributed by atoms with E-state index in [2.05, 4.69) is 35.1 Å². The largest absolute Gasteiger partial charge is 0.444 e. The Hall–Kier alpha value is -4.74. The van der Waals surface area contributed by atoms with Crippen LogP contribution in [0.1, 0.15) is 90.3 Å². The number of nitrogens with one attached hydrogen (secondary N) is 4. The SMILES string of the molecule is CCC.CCCC(NC(=O)[C@@H]1CCCN1C(=O)C(NC(=O)OC(C)(C)C)C1Cc2ccccc2C1)C(=O)C(=O)NCC(=O)NCc1ccccc1. The number of carbonyl (C=O) groups excluding carboxylic acids is 6. The van der Waals surface area contributed by atoms with E-state index in [0.717, 1.165) is 16.7 Å². The molecule has 278 valence electrons. The summed E-state index contributed by atoms with van der Waals surface area (Å²) in [4.78, 5) is 80.3. The zero-order valence-corrected chi connectivity index (χ0v) is 30.9. The van der Waals surface area contributed by atoms with Crippen LogP contribution in [-0.4, -0.2) is 77.2 Å². The van der Waals surface area contributed by atoms with Crippen molar-refractivity contribution in [2.75, 3.05) is 13.1 Å². The van der Waals surface area contributed by atoms with E-state index >= 15 is 0 Å². The lowest BCUT2D eigenvalue weighted by Crippen LogP contribution is -2.58. The fourth-order valence-electron chi connectivity index (χ4n) is 6.22. The van der Waals surface area contributed by atoms with Gasteiger partial charge in [-0.25, -0.2) is 4.79 Å². The van der Waals surface area contributed by atoms with Gasteiger partial charge in [-0.1, -0.05) is 88.2 Å². The lowest BCUT2D eigenvalue weighted by atomic mass is 9.95. The molecule has 2 unspecified atom stereocenters. The van der Waals surface area contributed by atoms with E-state index in [4.69, 9.17) is 4.74 Å². The van der Waals surface area contributed by atoms with Gasteiger partial charge in [-0.2, -0.15) is 0 Å². The Labute approximate surface area is 301 Å². The highest BCUT2D eigenvalue weighted by molar-refractivity contribution is 6.38. The van der Waals surface area contributed by atoms with Gasteiger partial charge in [-0.05, 0) is 75.5 Å². The number of ketones is 1. The fourth-order valence-corrected chi connectivity index (χ4v) is 6.22. The van der Waals surface area contributed by atoms with Crippen molar-refractivity contribution in [3.8, 4) is 0 Å². The summed E-state index contributed by atoms with van der Waals surface area (Å²) in [6, 6.07) is 14.2. The Balaban J connectivity index is 0.00000226. The molecule has 1 aliphatic carbocycles. The molecular weight excluding hydrogens is 650 g/mol. The van der Waals surface area contributed by atoms with Crippen molar-refractivity contribution in [1.29, 1.82) is 0 Å². The molecule has 0 spiro atoms. The molecule has 12 heteroatoms. The fraction of sp³-hybridized carbons (Fsp3) is 0.538. The second-order valence-electron chi connectivity index (χ2n) is 14.1. The van der Waals surface area contributed by atoms with Crippen molar-refractivity contribution in [1.82, 2.24) is 26.2 Å². The molecule has 1 heterocycles. The van der Waals surface area contributed by atoms with Gasteiger partial charge >= 0.3 is 6.09 Å². The molecule has 0 radical (unpaired) electrons. The molecule has 5 amide bonds. The van der Waals surface area contributed by atoms with Crippen molar-refractivity contribution < 1.29 is 33.5 Å². The van der Waals surface area contributed by atoms with E-state index in [-0.39, 0.29) is 18.9 Å². The predicted molar refractivity (Wildman–Crippen MR) is 194 cm³/mol. The van der Waals surface area contributed by atoms with Gasteiger partial charge in [0, 0.05) is 13.1 Å². The Bertz CT molecular complexity index is 1480. The van der Waals surface area contributed by atoms with Gasteiger partial charge < -0.3 is 30.9 Å². The number of ether oxygens (including phenoxy) is 1. The zero-order valence-electron chi connectivity index (χ0n) is 30.9. The third kappa shape index (κ3) is 12.5. The summed E-state index contributed by atoms with van der Waals surface area (Å²) < 4.78 is 5.49. The average molecular weight is 706 g/mol. The first-order valence-corrected chi connectivity index (χ1v) is 18.1. The summed E-state index contributed by atoms with van der Waals surface area (Å²) in [5.41, 5.74) is 2.33. The third-order valence-corrected chi connectivity index (χ3v) is 8.51. The van der Waals surface area contributed by atoms with Crippen LogP contribution >= 0.6 is 0 Å². The van der Waals surface area contributed by atoms with E-state index < -0.39 is 65.8 Å². The van der Waals surface area contributed by atoms with Crippen LogP contribution in [0.5, 0.6) is 0 Å². The van der Waals surface area contributed by atoms with Crippen molar-refractivity contribution >= 4 is 35.5 Å². The summed E-state index contributed by atoms with van der Waals surface area (Å²) >= 11 is 0. The zero-order chi connectivity index (χ0) is 37.6. The molecule has 3 atom stereocenters. The molecule has 1 saturated heterocycles. The molecule has 1 aliphatic heterocycles. The van der Waals surface area contributed by atoms with Gasteiger partial charge in [0.2, 0.25) is 23.5 Å². The van der Waals surface area contributed by atoms with E-state index in [9.17, 15) is 28.8 Å². The van der Waals surface area contributed by atoms with Gasteiger partial charge in [0.1, 0.15) is 17.7 Å². The van der Waals surface area contributed by atoms with Gasteiger partial charge in [0.25, 0.3) is 5.91 Å². The molecule has 51 heavy (non-hydrogen) atoms. The van der Waals surface area contributed by atoms with Crippen LogP contribution < -0.4 is 21.3 Å². The van der Waals surface area contributed by atoms with Gasteiger partial charge in [-0.3, -0.25) is 24.0 Å². The van der Waals surface area contributed by atoms with Gasteiger partial charge in [-0.15, -0.1) is 0 Å². The monoisotopic (exact) mass is 705 g/mol. The summed E-state index contributed by atoms with van der Waals surface area (Å²) in [7, 11) is 0. The second kappa shape index (κ2) is 19.6. The van der Waals surface area contributed by atoms with Gasteiger partial charge in [0.05, 0.1) is 12.6 Å². The van der Waals surface area contributed by atoms with Crippen LogP contribution in [0.15, 0.2) is 54.6 Å². The Kier molecular flexibility index (Phi) is 15.6.